The lowest BCUT2D eigenvalue weighted by Gasteiger charge is -2.03. The quantitative estimate of drug-likeness (QED) is 0.627. The Morgan fingerprint density at radius 2 is 2.00 bits per heavy atom. The number of benzene rings is 1. The molecule has 0 amide bonds. The van der Waals surface area contributed by atoms with Gasteiger partial charge in [0.25, 0.3) is 0 Å². The van der Waals surface area contributed by atoms with Gasteiger partial charge in [-0.1, -0.05) is 37.3 Å². The molecule has 1 rings (SSSR count). The zero-order valence-electron chi connectivity index (χ0n) is 6.62. The predicted molar refractivity (Wildman–Crippen MR) is 45.1 cm³/mol. The lowest BCUT2D eigenvalue weighted by atomic mass is 9.99. The molecule has 0 saturated carbocycles. The van der Waals surface area contributed by atoms with Gasteiger partial charge in [0.1, 0.15) is 0 Å². The molecule has 0 spiro atoms. The van der Waals surface area contributed by atoms with Crippen LogP contribution in [0.5, 0.6) is 0 Å². The van der Waals surface area contributed by atoms with Gasteiger partial charge in [-0.15, -0.1) is 0 Å². The van der Waals surface area contributed by atoms with Crippen LogP contribution >= 0.6 is 0 Å². The standard InChI is InChI=1S/C10H11N/c1-2-9(8-11)10-6-4-3-5-7-10/h3-7,9H,2H2,1H3/t9-/m0/s1. The van der Waals surface area contributed by atoms with Crippen LogP contribution in [0.3, 0.4) is 0 Å². The van der Waals surface area contributed by atoms with Crippen LogP contribution in [0.1, 0.15) is 24.8 Å². The van der Waals surface area contributed by atoms with E-state index in [1.807, 2.05) is 37.3 Å². The van der Waals surface area contributed by atoms with Crippen molar-refractivity contribution in [3.8, 4) is 6.07 Å². The van der Waals surface area contributed by atoms with Gasteiger partial charge in [0.05, 0.1) is 12.0 Å². The second-order valence-corrected chi connectivity index (χ2v) is 2.50. The molecule has 0 saturated heterocycles. The molecule has 0 heterocycles. The van der Waals surface area contributed by atoms with Crippen molar-refractivity contribution in [2.24, 2.45) is 0 Å². The summed E-state index contributed by atoms with van der Waals surface area (Å²) >= 11 is 0. The molecule has 0 aliphatic heterocycles. The molecule has 1 heteroatoms. The van der Waals surface area contributed by atoms with Gasteiger partial charge in [0, 0.05) is 0 Å². The normalized spacial score (nSPS) is 12.0. The molecular formula is C10H11N. The van der Waals surface area contributed by atoms with Crippen molar-refractivity contribution < 1.29 is 0 Å². The van der Waals surface area contributed by atoms with Crippen LogP contribution < -0.4 is 0 Å². The molecule has 1 aromatic rings. The maximum Gasteiger partial charge on any atom is 0.0710 e. The average Bonchev–Trinajstić information content (AvgIpc) is 2.09. The van der Waals surface area contributed by atoms with E-state index in [0.29, 0.717) is 0 Å². The summed E-state index contributed by atoms with van der Waals surface area (Å²) in [6.07, 6.45) is 0.889. The zero-order chi connectivity index (χ0) is 8.10. The third-order valence-electron chi connectivity index (χ3n) is 1.77. The van der Waals surface area contributed by atoms with E-state index in [-0.39, 0.29) is 5.92 Å². The van der Waals surface area contributed by atoms with Gasteiger partial charge in [0.2, 0.25) is 0 Å². The fourth-order valence-corrected chi connectivity index (χ4v) is 1.09. The van der Waals surface area contributed by atoms with Gasteiger partial charge in [-0.05, 0) is 12.0 Å². The van der Waals surface area contributed by atoms with Crippen molar-refractivity contribution >= 4 is 0 Å². The monoisotopic (exact) mass is 145 g/mol. The van der Waals surface area contributed by atoms with Gasteiger partial charge < -0.3 is 0 Å². The lowest BCUT2D eigenvalue weighted by Crippen LogP contribution is -1.91. The maximum absolute atomic E-state index is 8.73. The van der Waals surface area contributed by atoms with E-state index in [1.54, 1.807) is 0 Å². The molecule has 0 radical (unpaired) electrons. The van der Waals surface area contributed by atoms with E-state index in [9.17, 15) is 0 Å². The Balaban J connectivity index is 2.85. The Hall–Kier alpha value is -1.29. The van der Waals surface area contributed by atoms with Crippen LogP contribution in [0, 0.1) is 11.3 Å². The first-order chi connectivity index (χ1) is 5.38. The van der Waals surface area contributed by atoms with Gasteiger partial charge in [-0.2, -0.15) is 5.26 Å². The molecule has 0 aromatic heterocycles. The highest BCUT2D eigenvalue weighted by atomic mass is 14.3. The van der Waals surface area contributed by atoms with Crippen molar-refractivity contribution in [3.05, 3.63) is 35.9 Å². The van der Waals surface area contributed by atoms with E-state index in [2.05, 4.69) is 6.07 Å². The van der Waals surface area contributed by atoms with Gasteiger partial charge in [-0.3, -0.25) is 0 Å². The number of hydrogen-bond donors (Lipinski definition) is 0. The zero-order valence-corrected chi connectivity index (χ0v) is 6.62. The Kier molecular flexibility index (Phi) is 2.68. The van der Waals surface area contributed by atoms with E-state index < -0.39 is 0 Å². The molecule has 0 fully saturated rings. The van der Waals surface area contributed by atoms with Crippen LogP contribution in [-0.4, -0.2) is 0 Å². The van der Waals surface area contributed by atoms with Crippen LogP contribution in [0.4, 0.5) is 0 Å². The first kappa shape index (κ1) is 7.81. The first-order valence-electron chi connectivity index (χ1n) is 3.83. The van der Waals surface area contributed by atoms with E-state index in [4.69, 9.17) is 5.26 Å². The molecule has 0 aliphatic carbocycles. The molecule has 11 heavy (non-hydrogen) atoms. The Morgan fingerprint density at radius 1 is 1.36 bits per heavy atom. The van der Waals surface area contributed by atoms with Crippen molar-refractivity contribution in [1.82, 2.24) is 0 Å². The molecule has 0 N–H and O–H groups in total. The van der Waals surface area contributed by atoms with E-state index in [0.717, 1.165) is 12.0 Å². The van der Waals surface area contributed by atoms with Crippen LogP contribution in [-0.2, 0) is 0 Å². The minimum Gasteiger partial charge on any atom is -0.198 e. The topological polar surface area (TPSA) is 23.8 Å². The minimum atomic E-state index is 0.0659. The second-order valence-electron chi connectivity index (χ2n) is 2.50. The SMILES string of the molecule is CC[C@@H](C#N)c1ccccc1. The summed E-state index contributed by atoms with van der Waals surface area (Å²) in [5.41, 5.74) is 1.12. The minimum absolute atomic E-state index is 0.0659. The number of rotatable bonds is 2. The summed E-state index contributed by atoms with van der Waals surface area (Å²) in [5.74, 6) is 0.0659. The highest BCUT2D eigenvalue weighted by Gasteiger charge is 2.04. The molecule has 0 bridgehead atoms. The highest BCUT2D eigenvalue weighted by molar-refractivity contribution is 5.24. The van der Waals surface area contributed by atoms with E-state index >= 15 is 0 Å². The van der Waals surface area contributed by atoms with Gasteiger partial charge in [0.15, 0.2) is 0 Å². The Morgan fingerprint density at radius 3 is 2.45 bits per heavy atom. The fourth-order valence-electron chi connectivity index (χ4n) is 1.09. The van der Waals surface area contributed by atoms with Crippen LogP contribution in [0.15, 0.2) is 30.3 Å². The first-order valence-corrected chi connectivity index (χ1v) is 3.83. The summed E-state index contributed by atoms with van der Waals surface area (Å²) in [5, 5.41) is 8.73. The van der Waals surface area contributed by atoms with Crippen LogP contribution in [0.2, 0.25) is 0 Å². The number of nitrogens with zero attached hydrogens (tertiary/aromatic N) is 1. The number of nitriles is 1. The van der Waals surface area contributed by atoms with Crippen molar-refractivity contribution in [2.45, 2.75) is 19.3 Å². The van der Waals surface area contributed by atoms with Crippen molar-refractivity contribution in [2.75, 3.05) is 0 Å². The summed E-state index contributed by atoms with van der Waals surface area (Å²) in [6, 6.07) is 12.2. The second kappa shape index (κ2) is 3.78. The molecule has 1 nitrogen and oxygen atoms in total. The van der Waals surface area contributed by atoms with Gasteiger partial charge >= 0.3 is 0 Å². The third kappa shape index (κ3) is 1.81. The summed E-state index contributed by atoms with van der Waals surface area (Å²) < 4.78 is 0. The lowest BCUT2D eigenvalue weighted by molar-refractivity contribution is 0.818. The maximum atomic E-state index is 8.73. The fraction of sp³-hybridized carbons (Fsp3) is 0.300. The van der Waals surface area contributed by atoms with Gasteiger partial charge in [-0.25, -0.2) is 0 Å². The summed E-state index contributed by atoms with van der Waals surface area (Å²) in [6.45, 7) is 2.03. The van der Waals surface area contributed by atoms with Crippen molar-refractivity contribution in [3.63, 3.8) is 0 Å². The third-order valence-corrected chi connectivity index (χ3v) is 1.77. The number of hydrogen-bond acceptors (Lipinski definition) is 1. The Bertz CT molecular complexity index is 245. The molecule has 0 unspecified atom stereocenters. The summed E-state index contributed by atoms with van der Waals surface area (Å²) in [7, 11) is 0. The average molecular weight is 145 g/mol. The van der Waals surface area contributed by atoms with E-state index in [1.165, 1.54) is 0 Å². The molecule has 1 aromatic carbocycles. The smallest absolute Gasteiger partial charge is 0.0710 e. The molecular weight excluding hydrogens is 134 g/mol. The largest absolute Gasteiger partial charge is 0.198 e. The molecule has 1 atom stereocenters. The molecule has 56 valence electrons. The predicted octanol–water partition coefficient (Wildman–Crippen LogP) is 2.70. The summed E-state index contributed by atoms with van der Waals surface area (Å²) in [4.78, 5) is 0. The highest BCUT2D eigenvalue weighted by Crippen LogP contribution is 2.16. The molecule has 0 aliphatic rings. The van der Waals surface area contributed by atoms with Crippen LogP contribution in [0.25, 0.3) is 0 Å². The van der Waals surface area contributed by atoms with Crippen molar-refractivity contribution in [1.29, 1.82) is 5.26 Å². The Labute approximate surface area is 67.3 Å².